The van der Waals surface area contributed by atoms with Crippen LogP contribution < -0.4 is 4.74 Å². The number of ether oxygens (including phenoxy) is 1. The molecule has 2 heterocycles. The Balaban J connectivity index is 2.52. The summed E-state index contributed by atoms with van der Waals surface area (Å²) in [7, 11) is 0. The molecule has 1 aromatic heterocycles. The van der Waals surface area contributed by atoms with Crippen molar-refractivity contribution < 1.29 is 4.74 Å². The van der Waals surface area contributed by atoms with E-state index < -0.39 is 0 Å². The zero-order valence-electron chi connectivity index (χ0n) is 7.50. The van der Waals surface area contributed by atoms with E-state index in [1.807, 2.05) is 6.20 Å². The van der Waals surface area contributed by atoms with Crippen molar-refractivity contribution in [2.75, 3.05) is 6.61 Å². The minimum Gasteiger partial charge on any atom is -0.492 e. The van der Waals surface area contributed by atoms with Crippen LogP contribution in [-0.4, -0.2) is 11.6 Å². The van der Waals surface area contributed by atoms with E-state index in [-0.39, 0.29) is 5.41 Å². The molecule has 0 fully saturated rings. The van der Waals surface area contributed by atoms with Crippen LogP contribution in [-0.2, 0) is 5.41 Å². The first kappa shape index (κ1) is 7.59. The van der Waals surface area contributed by atoms with Crippen molar-refractivity contribution in [2.24, 2.45) is 0 Å². The molecule has 0 aromatic carbocycles. The topological polar surface area (TPSA) is 22.1 Å². The van der Waals surface area contributed by atoms with E-state index in [1.165, 1.54) is 5.56 Å². The maximum Gasteiger partial charge on any atom is 0.141 e. The second kappa shape index (κ2) is 2.47. The van der Waals surface area contributed by atoms with Gasteiger partial charge in [-0.15, -0.1) is 0 Å². The summed E-state index contributed by atoms with van der Waals surface area (Å²) < 4.78 is 5.50. The van der Waals surface area contributed by atoms with Crippen LogP contribution in [0.25, 0.3) is 0 Å². The molecule has 0 spiro atoms. The average Bonchev–Trinajstić information content (AvgIpc) is 2.04. The van der Waals surface area contributed by atoms with Crippen LogP contribution >= 0.6 is 0 Å². The van der Waals surface area contributed by atoms with Gasteiger partial charge >= 0.3 is 0 Å². The smallest absolute Gasteiger partial charge is 0.141 e. The predicted octanol–water partition coefficient (Wildman–Crippen LogP) is 2.14. The highest BCUT2D eigenvalue weighted by atomic mass is 16.5. The lowest BCUT2D eigenvalue weighted by atomic mass is 9.80. The van der Waals surface area contributed by atoms with E-state index in [0.717, 1.165) is 18.8 Å². The summed E-state index contributed by atoms with van der Waals surface area (Å²) in [5, 5.41) is 0. The molecule has 2 rings (SSSR count). The Kier molecular flexibility index (Phi) is 1.56. The van der Waals surface area contributed by atoms with E-state index in [1.54, 1.807) is 6.20 Å². The molecule has 0 saturated carbocycles. The highest BCUT2D eigenvalue weighted by molar-refractivity contribution is 5.37. The van der Waals surface area contributed by atoms with Gasteiger partial charge in [0.1, 0.15) is 5.75 Å². The van der Waals surface area contributed by atoms with E-state index in [2.05, 4.69) is 24.9 Å². The van der Waals surface area contributed by atoms with Crippen LogP contribution in [0.2, 0.25) is 0 Å². The van der Waals surface area contributed by atoms with Gasteiger partial charge in [-0.3, -0.25) is 4.98 Å². The molecular formula is C10H13NO. The maximum absolute atomic E-state index is 5.50. The minimum absolute atomic E-state index is 0.247. The van der Waals surface area contributed by atoms with Gasteiger partial charge in [0.25, 0.3) is 0 Å². The molecule has 0 aliphatic carbocycles. The number of nitrogens with zero attached hydrogens (tertiary/aromatic N) is 1. The number of hydrogen-bond acceptors (Lipinski definition) is 2. The quantitative estimate of drug-likeness (QED) is 0.584. The highest BCUT2D eigenvalue weighted by Crippen LogP contribution is 2.36. The molecule has 64 valence electrons. The number of fused-ring (bicyclic) bond motifs is 1. The Morgan fingerprint density at radius 2 is 2.33 bits per heavy atom. The lowest BCUT2D eigenvalue weighted by molar-refractivity contribution is 0.233. The van der Waals surface area contributed by atoms with Crippen molar-refractivity contribution in [1.82, 2.24) is 4.98 Å². The lowest BCUT2D eigenvalue weighted by Gasteiger charge is -2.31. The van der Waals surface area contributed by atoms with Crippen LogP contribution in [0.15, 0.2) is 18.5 Å². The normalized spacial score (nSPS) is 19.5. The molecule has 2 heteroatoms. The highest BCUT2D eigenvalue weighted by Gasteiger charge is 2.28. The van der Waals surface area contributed by atoms with Crippen LogP contribution in [0.4, 0.5) is 0 Å². The second-order valence-electron chi connectivity index (χ2n) is 3.85. The van der Waals surface area contributed by atoms with Crippen molar-refractivity contribution in [1.29, 1.82) is 0 Å². The van der Waals surface area contributed by atoms with Gasteiger partial charge in [-0.05, 0) is 17.9 Å². The number of aromatic nitrogens is 1. The summed E-state index contributed by atoms with van der Waals surface area (Å²) in [6.07, 6.45) is 4.72. The Bertz CT molecular complexity index is 294. The van der Waals surface area contributed by atoms with Gasteiger partial charge in [-0.25, -0.2) is 0 Å². The summed E-state index contributed by atoms with van der Waals surface area (Å²) in [6.45, 7) is 5.30. The second-order valence-corrected chi connectivity index (χ2v) is 3.85. The van der Waals surface area contributed by atoms with Crippen molar-refractivity contribution in [2.45, 2.75) is 25.7 Å². The van der Waals surface area contributed by atoms with Gasteiger partial charge < -0.3 is 4.74 Å². The zero-order valence-corrected chi connectivity index (χ0v) is 7.50. The van der Waals surface area contributed by atoms with Crippen LogP contribution in [0.3, 0.4) is 0 Å². The molecule has 0 bridgehead atoms. The fourth-order valence-electron chi connectivity index (χ4n) is 1.60. The molecule has 1 aliphatic heterocycles. The van der Waals surface area contributed by atoms with Gasteiger partial charge in [0.15, 0.2) is 0 Å². The van der Waals surface area contributed by atoms with E-state index in [0.29, 0.717) is 0 Å². The summed E-state index contributed by atoms with van der Waals surface area (Å²) in [5.74, 6) is 0.953. The monoisotopic (exact) mass is 163 g/mol. The SMILES string of the molecule is CC1(C)CCOc2cnccc21. The Labute approximate surface area is 72.6 Å². The fourth-order valence-corrected chi connectivity index (χ4v) is 1.60. The maximum atomic E-state index is 5.50. The van der Waals surface area contributed by atoms with Gasteiger partial charge in [0.05, 0.1) is 12.8 Å². The predicted molar refractivity (Wildman–Crippen MR) is 47.4 cm³/mol. The number of pyridine rings is 1. The third-order valence-electron chi connectivity index (χ3n) is 2.50. The molecule has 0 N–H and O–H groups in total. The Hall–Kier alpha value is -1.05. The summed E-state index contributed by atoms with van der Waals surface area (Å²) in [4.78, 5) is 4.04. The minimum atomic E-state index is 0.247. The first-order valence-electron chi connectivity index (χ1n) is 4.27. The molecule has 0 radical (unpaired) electrons. The third-order valence-corrected chi connectivity index (χ3v) is 2.50. The van der Waals surface area contributed by atoms with Crippen LogP contribution in [0, 0.1) is 0 Å². The molecule has 0 amide bonds. The lowest BCUT2D eigenvalue weighted by Crippen LogP contribution is -2.26. The average molecular weight is 163 g/mol. The van der Waals surface area contributed by atoms with Crippen molar-refractivity contribution in [3.63, 3.8) is 0 Å². The first-order chi connectivity index (χ1) is 5.70. The van der Waals surface area contributed by atoms with Gasteiger partial charge in [-0.2, -0.15) is 0 Å². The Morgan fingerprint density at radius 3 is 3.08 bits per heavy atom. The van der Waals surface area contributed by atoms with E-state index in [4.69, 9.17) is 4.74 Å². The van der Waals surface area contributed by atoms with Gasteiger partial charge in [0.2, 0.25) is 0 Å². The molecule has 1 aromatic rings. The van der Waals surface area contributed by atoms with Crippen molar-refractivity contribution in [3.05, 3.63) is 24.0 Å². The number of hydrogen-bond donors (Lipinski definition) is 0. The largest absolute Gasteiger partial charge is 0.492 e. The van der Waals surface area contributed by atoms with Crippen LogP contribution in [0.5, 0.6) is 5.75 Å². The van der Waals surface area contributed by atoms with Crippen LogP contribution in [0.1, 0.15) is 25.8 Å². The van der Waals surface area contributed by atoms with E-state index in [9.17, 15) is 0 Å². The zero-order chi connectivity index (χ0) is 8.60. The van der Waals surface area contributed by atoms with Gasteiger partial charge in [-0.1, -0.05) is 13.8 Å². The summed E-state index contributed by atoms with van der Waals surface area (Å²) >= 11 is 0. The summed E-state index contributed by atoms with van der Waals surface area (Å²) in [6, 6.07) is 2.05. The molecule has 0 unspecified atom stereocenters. The number of rotatable bonds is 0. The van der Waals surface area contributed by atoms with Crippen molar-refractivity contribution in [3.8, 4) is 5.75 Å². The molecular weight excluding hydrogens is 150 g/mol. The van der Waals surface area contributed by atoms with Gasteiger partial charge in [0, 0.05) is 11.8 Å². The molecule has 0 atom stereocenters. The van der Waals surface area contributed by atoms with Crippen molar-refractivity contribution >= 4 is 0 Å². The Morgan fingerprint density at radius 1 is 1.50 bits per heavy atom. The summed E-state index contributed by atoms with van der Waals surface area (Å²) in [5.41, 5.74) is 1.53. The molecule has 12 heavy (non-hydrogen) atoms. The first-order valence-corrected chi connectivity index (χ1v) is 4.27. The third kappa shape index (κ3) is 1.07. The van der Waals surface area contributed by atoms with E-state index >= 15 is 0 Å². The molecule has 1 aliphatic rings. The fraction of sp³-hybridized carbons (Fsp3) is 0.500. The standard InChI is InChI=1S/C10H13NO/c1-10(2)4-6-12-9-7-11-5-3-8(9)10/h3,5,7H,4,6H2,1-2H3. The molecule has 2 nitrogen and oxygen atoms in total. The molecule has 0 saturated heterocycles.